The van der Waals surface area contributed by atoms with E-state index in [-0.39, 0.29) is 33.7 Å². The number of carbonyl (C=O) groups is 1. The van der Waals surface area contributed by atoms with Crippen LogP contribution in [0.25, 0.3) is 0 Å². The van der Waals surface area contributed by atoms with Gasteiger partial charge in [0.05, 0.1) is 16.4 Å². The third kappa shape index (κ3) is 5.23. The van der Waals surface area contributed by atoms with Crippen molar-refractivity contribution in [3.05, 3.63) is 29.3 Å². The van der Waals surface area contributed by atoms with Gasteiger partial charge in [0.1, 0.15) is 0 Å². The first-order valence-electron chi connectivity index (χ1n) is 5.13. The smallest absolute Gasteiger partial charge is 0.441 e. The van der Waals surface area contributed by atoms with Crippen LogP contribution in [-0.4, -0.2) is 32.3 Å². The van der Waals surface area contributed by atoms with E-state index < -0.39 is 22.3 Å². The molecule has 1 N–H and O–H groups in total. The molecule has 0 aromatic heterocycles. The van der Waals surface area contributed by atoms with Gasteiger partial charge < -0.3 is 5.11 Å². The Morgan fingerprint density at radius 1 is 1.42 bits per heavy atom. The van der Waals surface area contributed by atoms with Crippen molar-refractivity contribution in [1.82, 2.24) is 0 Å². The lowest BCUT2D eigenvalue weighted by molar-refractivity contribution is -0.0326. The number of carboxylic acid groups (broad SMARTS) is 1. The van der Waals surface area contributed by atoms with E-state index in [0.29, 0.717) is 5.56 Å². The lowest BCUT2D eigenvalue weighted by atomic mass is 10.1. The second kappa shape index (κ2) is 6.42. The largest absolute Gasteiger partial charge is 0.478 e. The molecule has 3 nitrogen and oxygen atoms in total. The van der Waals surface area contributed by atoms with Crippen LogP contribution in [0.3, 0.4) is 0 Å². The van der Waals surface area contributed by atoms with Crippen LogP contribution in [0.15, 0.2) is 23.1 Å². The summed E-state index contributed by atoms with van der Waals surface area (Å²) in [5, 5.41) is 8.90. The molecule has 106 valence electrons. The minimum atomic E-state index is -4.34. The van der Waals surface area contributed by atoms with Crippen molar-refractivity contribution in [3.63, 3.8) is 0 Å². The Morgan fingerprint density at radius 2 is 2.05 bits per heavy atom. The molecule has 0 spiro atoms. The van der Waals surface area contributed by atoms with Gasteiger partial charge in [-0.15, -0.1) is 0 Å². The van der Waals surface area contributed by atoms with E-state index in [9.17, 15) is 22.2 Å². The number of hydrogen-bond acceptors (Lipinski definition) is 3. The molecule has 1 atom stereocenters. The highest BCUT2D eigenvalue weighted by Crippen LogP contribution is 2.30. The predicted octanol–water partition coefficient (Wildman–Crippen LogP) is 3.05. The van der Waals surface area contributed by atoms with E-state index in [1.807, 2.05) is 0 Å². The zero-order valence-electron chi connectivity index (χ0n) is 9.86. The van der Waals surface area contributed by atoms with Gasteiger partial charge in [0.2, 0.25) is 0 Å². The highest BCUT2D eigenvalue weighted by Gasteiger charge is 2.27. The number of benzene rings is 1. The van der Waals surface area contributed by atoms with Gasteiger partial charge in [0.25, 0.3) is 0 Å². The highest BCUT2D eigenvalue weighted by atomic mass is 32.2. The van der Waals surface area contributed by atoms with Gasteiger partial charge >= 0.3 is 11.5 Å². The maximum Gasteiger partial charge on any atom is 0.441 e. The molecule has 1 rings (SSSR count). The molecule has 1 aromatic rings. The van der Waals surface area contributed by atoms with E-state index in [2.05, 4.69) is 0 Å². The number of aryl methyl sites for hydroxylation is 1. The predicted molar refractivity (Wildman–Crippen MR) is 67.9 cm³/mol. The Bertz CT molecular complexity index is 500. The molecule has 1 unspecified atom stereocenters. The Labute approximate surface area is 114 Å². The summed E-state index contributed by atoms with van der Waals surface area (Å²) in [6, 6.07) is 4.20. The molecular formula is C11H11F3O3S2. The molecule has 0 radical (unpaired) electrons. The fourth-order valence-corrected chi connectivity index (χ4v) is 3.20. The number of thioether (sulfide) groups is 1. The molecule has 0 saturated heterocycles. The van der Waals surface area contributed by atoms with Crippen LogP contribution >= 0.6 is 11.8 Å². The molecule has 0 aliphatic heterocycles. The number of hydrogen-bond donors (Lipinski definition) is 1. The van der Waals surface area contributed by atoms with Gasteiger partial charge in [-0.25, -0.2) is 4.79 Å². The van der Waals surface area contributed by atoms with Crippen molar-refractivity contribution >= 4 is 28.5 Å². The minimum absolute atomic E-state index is 0.00863. The van der Waals surface area contributed by atoms with Gasteiger partial charge in [-0.05, 0) is 24.6 Å². The first-order chi connectivity index (χ1) is 8.70. The molecule has 1 aromatic carbocycles. The fourth-order valence-electron chi connectivity index (χ4n) is 1.32. The van der Waals surface area contributed by atoms with Crippen molar-refractivity contribution in [2.24, 2.45) is 0 Å². The van der Waals surface area contributed by atoms with Crippen LogP contribution in [0.5, 0.6) is 0 Å². The molecule has 0 aliphatic rings. The summed E-state index contributed by atoms with van der Waals surface area (Å²) in [6.45, 7) is 1.59. The third-order valence-corrected chi connectivity index (χ3v) is 4.59. The molecule has 19 heavy (non-hydrogen) atoms. The molecule has 0 fully saturated rings. The van der Waals surface area contributed by atoms with Gasteiger partial charge in [-0.2, -0.15) is 13.2 Å². The Morgan fingerprint density at radius 3 is 2.58 bits per heavy atom. The van der Waals surface area contributed by atoms with Crippen LogP contribution in [0.1, 0.15) is 15.9 Å². The Balaban J connectivity index is 2.73. The number of halogens is 3. The summed E-state index contributed by atoms with van der Waals surface area (Å²) in [4.78, 5) is 11.1. The quantitative estimate of drug-likeness (QED) is 0.908. The maximum atomic E-state index is 11.9. The van der Waals surface area contributed by atoms with Crippen LogP contribution in [0.2, 0.25) is 0 Å². The lowest BCUT2D eigenvalue weighted by Gasteiger charge is -2.07. The van der Waals surface area contributed by atoms with Crippen LogP contribution in [0, 0.1) is 6.92 Å². The van der Waals surface area contributed by atoms with Gasteiger partial charge in [-0.1, -0.05) is 17.8 Å². The van der Waals surface area contributed by atoms with Crippen LogP contribution < -0.4 is 0 Å². The van der Waals surface area contributed by atoms with Gasteiger partial charge in [0.15, 0.2) is 0 Å². The first kappa shape index (κ1) is 16.0. The molecule has 0 bridgehead atoms. The molecule has 0 amide bonds. The first-order valence-corrected chi connectivity index (χ1v) is 7.44. The van der Waals surface area contributed by atoms with Crippen molar-refractivity contribution < 1.29 is 27.3 Å². The number of aromatic carboxylic acids is 1. The minimum Gasteiger partial charge on any atom is -0.478 e. The van der Waals surface area contributed by atoms with E-state index in [4.69, 9.17) is 5.11 Å². The SMILES string of the molecule is Cc1ccc(S(=O)CCSC(F)(F)F)cc1C(=O)O. The maximum absolute atomic E-state index is 11.9. The third-order valence-electron chi connectivity index (χ3n) is 2.24. The molecule has 0 aliphatic carbocycles. The normalized spacial score (nSPS) is 13.3. The lowest BCUT2D eigenvalue weighted by Crippen LogP contribution is -2.08. The van der Waals surface area contributed by atoms with Gasteiger partial charge in [0, 0.05) is 16.4 Å². The number of carboxylic acids is 1. The van der Waals surface area contributed by atoms with Crippen LogP contribution in [0.4, 0.5) is 13.2 Å². The second-order valence-corrected chi connectivity index (χ2v) is 6.36. The number of alkyl halides is 3. The monoisotopic (exact) mass is 312 g/mol. The van der Waals surface area contributed by atoms with E-state index in [1.54, 1.807) is 6.92 Å². The van der Waals surface area contributed by atoms with E-state index in [0.717, 1.165) is 0 Å². The van der Waals surface area contributed by atoms with Crippen molar-refractivity contribution in [3.8, 4) is 0 Å². The summed E-state index contributed by atoms with van der Waals surface area (Å²) in [6.07, 6.45) is 0. The average Bonchev–Trinajstić information content (AvgIpc) is 2.27. The average molecular weight is 312 g/mol. The van der Waals surface area contributed by atoms with Crippen molar-refractivity contribution in [1.29, 1.82) is 0 Å². The number of rotatable bonds is 5. The highest BCUT2D eigenvalue weighted by molar-refractivity contribution is 8.00. The Kier molecular flexibility index (Phi) is 5.42. The fraction of sp³-hybridized carbons (Fsp3) is 0.364. The molecule has 0 heterocycles. The molecule has 0 saturated carbocycles. The van der Waals surface area contributed by atoms with Crippen LogP contribution in [-0.2, 0) is 10.8 Å². The molecular weight excluding hydrogens is 301 g/mol. The van der Waals surface area contributed by atoms with E-state index in [1.165, 1.54) is 18.2 Å². The zero-order valence-corrected chi connectivity index (χ0v) is 11.5. The summed E-state index contributed by atoms with van der Waals surface area (Å²) < 4.78 is 47.5. The standard InChI is InChI=1S/C11H11F3O3S2/c1-7-2-3-8(6-9(7)10(15)16)19(17)5-4-18-11(12,13)14/h2-3,6H,4-5H2,1H3,(H,15,16). The summed E-state index contributed by atoms with van der Waals surface area (Å²) in [5.74, 6) is -1.65. The molecule has 8 heteroatoms. The van der Waals surface area contributed by atoms with Crippen molar-refractivity contribution in [2.45, 2.75) is 17.3 Å². The summed E-state index contributed by atoms with van der Waals surface area (Å²) in [5.41, 5.74) is -3.82. The summed E-state index contributed by atoms with van der Waals surface area (Å²) >= 11 is -0.239. The zero-order chi connectivity index (χ0) is 14.6. The second-order valence-electron chi connectivity index (χ2n) is 3.63. The topological polar surface area (TPSA) is 54.4 Å². The summed E-state index contributed by atoms with van der Waals surface area (Å²) in [7, 11) is -1.64. The Hall–Kier alpha value is -1.02. The van der Waals surface area contributed by atoms with E-state index >= 15 is 0 Å². The van der Waals surface area contributed by atoms with Gasteiger partial charge in [-0.3, -0.25) is 4.21 Å². The van der Waals surface area contributed by atoms with Crippen molar-refractivity contribution in [2.75, 3.05) is 11.5 Å².